The van der Waals surface area contributed by atoms with Gasteiger partial charge in [0.05, 0.1) is 0 Å². The van der Waals surface area contributed by atoms with Gasteiger partial charge in [0.15, 0.2) is 0 Å². The highest BCUT2D eigenvalue weighted by Gasteiger charge is 2.13. The molecule has 17 heavy (non-hydrogen) atoms. The second kappa shape index (κ2) is 6.35. The van der Waals surface area contributed by atoms with Gasteiger partial charge in [0.1, 0.15) is 11.9 Å². The number of rotatable bonds is 3. The van der Waals surface area contributed by atoms with Crippen molar-refractivity contribution in [2.24, 2.45) is 5.90 Å². The van der Waals surface area contributed by atoms with Crippen LogP contribution in [0.15, 0.2) is 54.6 Å². The predicted octanol–water partition coefficient (Wildman–Crippen LogP) is 3.23. The zero-order valence-corrected chi connectivity index (χ0v) is 9.86. The molecule has 0 aliphatic rings. The topological polar surface area (TPSA) is 35.2 Å². The third-order valence-electron chi connectivity index (χ3n) is 2.39. The molecule has 0 saturated heterocycles. The van der Waals surface area contributed by atoms with Gasteiger partial charge >= 0.3 is 0 Å². The van der Waals surface area contributed by atoms with E-state index in [2.05, 4.69) is 0 Å². The second-order valence-corrected chi connectivity index (χ2v) is 3.48. The van der Waals surface area contributed by atoms with Gasteiger partial charge in [0.2, 0.25) is 0 Å². The van der Waals surface area contributed by atoms with E-state index >= 15 is 0 Å². The van der Waals surface area contributed by atoms with Gasteiger partial charge < -0.3 is 0 Å². The van der Waals surface area contributed by atoms with Crippen LogP contribution in [0.25, 0.3) is 0 Å². The molecule has 0 heterocycles. The Kier molecular flexibility index (Phi) is 5.10. The van der Waals surface area contributed by atoms with E-state index in [0.717, 1.165) is 5.56 Å². The molecule has 0 saturated carbocycles. The summed E-state index contributed by atoms with van der Waals surface area (Å²) in [5, 5.41) is 0. The van der Waals surface area contributed by atoms with Gasteiger partial charge in [-0.15, -0.1) is 12.4 Å². The molecule has 1 unspecified atom stereocenters. The number of nitrogens with two attached hydrogens (primary N) is 1. The van der Waals surface area contributed by atoms with Crippen LogP contribution in [-0.4, -0.2) is 0 Å². The molecule has 0 fully saturated rings. The van der Waals surface area contributed by atoms with Crippen molar-refractivity contribution in [2.75, 3.05) is 0 Å². The Morgan fingerprint density at radius 1 is 0.941 bits per heavy atom. The molecule has 2 N–H and O–H groups in total. The normalized spacial score (nSPS) is 11.6. The minimum Gasteiger partial charge on any atom is -0.292 e. The Morgan fingerprint density at radius 2 is 1.59 bits per heavy atom. The van der Waals surface area contributed by atoms with Gasteiger partial charge in [0, 0.05) is 0 Å². The van der Waals surface area contributed by atoms with Crippen molar-refractivity contribution in [3.63, 3.8) is 0 Å². The minimum absolute atomic E-state index is 0. The molecule has 2 nitrogen and oxygen atoms in total. The van der Waals surface area contributed by atoms with E-state index < -0.39 is 6.10 Å². The Labute approximate surface area is 106 Å². The van der Waals surface area contributed by atoms with E-state index in [1.807, 2.05) is 30.3 Å². The summed E-state index contributed by atoms with van der Waals surface area (Å²) in [6.07, 6.45) is -0.433. The Balaban J connectivity index is 0.00000144. The van der Waals surface area contributed by atoms with Crippen LogP contribution in [0.5, 0.6) is 0 Å². The van der Waals surface area contributed by atoms with E-state index in [-0.39, 0.29) is 18.2 Å². The average molecular weight is 254 g/mol. The average Bonchev–Trinajstić information content (AvgIpc) is 2.31. The molecule has 0 radical (unpaired) electrons. The van der Waals surface area contributed by atoms with Crippen LogP contribution in [0, 0.1) is 5.82 Å². The molecule has 0 bridgehead atoms. The van der Waals surface area contributed by atoms with Gasteiger partial charge in [-0.25, -0.2) is 10.3 Å². The maximum Gasteiger partial charge on any atom is 0.129 e. The highest BCUT2D eigenvalue weighted by molar-refractivity contribution is 5.85. The number of halogens is 2. The first kappa shape index (κ1) is 13.6. The molecule has 0 amide bonds. The van der Waals surface area contributed by atoms with Gasteiger partial charge in [0.25, 0.3) is 0 Å². The Bertz CT molecular complexity index is 464. The van der Waals surface area contributed by atoms with Crippen LogP contribution < -0.4 is 5.90 Å². The zero-order valence-electron chi connectivity index (χ0n) is 9.05. The molecular formula is C13H13ClFNO. The standard InChI is InChI=1S/C13H12FNO.ClH/c14-12-8-4-7-11(9-12)13(16-15)10-5-2-1-3-6-10;/h1-9,13H,15H2;1H. The summed E-state index contributed by atoms with van der Waals surface area (Å²) in [6.45, 7) is 0. The highest BCUT2D eigenvalue weighted by atomic mass is 35.5. The van der Waals surface area contributed by atoms with Gasteiger partial charge in [-0.3, -0.25) is 4.84 Å². The lowest BCUT2D eigenvalue weighted by atomic mass is 10.0. The smallest absolute Gasteiger partial charge is 0.129 e. The molecule has 0 spiro atoms. The lowest BCUT2D eigenvalue weighted by Gasteiger charge is -2.15. The van der Waals surface area contributed by atoms with Gasteiger partial charge in [-0.1, -0.05) is 42.5 Å². The van der Waals surface area contributed by atoms with Crippen molar-refractivity contribution in [1.82, 2.24) is 0 Å². The fourth-order valence-corrected chi connectivity index (χ4v) is 1.65. The van der Waals surface area contributed by atoms with E-state index in [0.29, 0.717) is 5.56 Å². The third kappa shape index (κ3) is 3.27. The van der Waals surface area contributed by atoms with Crippen molar-refractivity contribution in [1.29, 1.82) is 0 Å². The molecule has 2 aromatic rings. The molecule has 1 atom stereocenters. The molecule has 2 aromatic carbocycles. The first-order valence-corrected chi connectivity index (χ1v) is 4.97. The molecule has 4 heteroatoms. The van der Waals surface area contributed by atoms with Gasteiger partial charge in [-0.05, 0) is 23.3 Å². The SMILES string of the molecule is Cl.NOC(c1ccccc1)c1cccc(F)c1. The summed E-state index contributed by atoms with van der Waals surface area (Å²) < 4.78 is 13.1. The molecule has 0 aliphatic carbocycles. The van der Waals surface area contributed by atoms with Crippen LogP contribution in [0.1, 0.15) is 17.2 Å². The molecule has 0 aromatic heterocycles. The van der Waals surface area contributed by atoms with Crippen LogP contribution in [-0.2, 0) is 4.84 Å². The van der Waals surface area contributed by atoms with Crippen LogP contribution in [0.3, 0.4) is 0 Å². The van der Waals surface area contributed by atoms with Crippen molar-refractivity contribution in [3.8, 4) is 0 Å². The number of hydrogen-bond acceptors (Lipinski definition) is 2. The van der Waals surface area contributed by atoms with E-state index in [4.69, 9.17) is 10.7 Å². The highest BCUT2D eigenvalue weighted by Crippen LogP contribution is 2.24. The zero-order chi connectivity index (χ0) is 11.4. The van der Waals surface area contributed by atoms with E-state index in [1.54, 1.807) is 12.1 Å². The third-order valence-corrected chi connectivity index (χ3v) is 2.39. The lowest BCUT2D eigenvalue weighted by Crippen LogP contribution is -2.10. The molecule has 2 rings (SSSR count). The molecule has 90 valence electrons. The second-order valence-electron chi connectivity index (χ2n) is 3.48. The minimum atomic E-state index is -0.433. The fraction of sp³-hybridized carbons (Fsp3) is 0.0769. The Hall–Kier alpha value is -1.42. The maximum atomic E-state index is 13.1. The van der Waals surface area contributed by atoms with Crippen molar-refractivity contribution in [3.05, 3.63) is 71.5 Å². The maximum absolute atomic E-state index is 13.1. The number of benzene rings is 2. The van der Waals surface area contributed by atoms with E-state index in [1.165, 1.54) is 12.1 Å². The Morgan fingerprint density at radius 3 is 2.18 bits per heavy atom. The first-order valence-electron chi connectivity index (χ1n) is 4.97. The summed E-state index contributed by atoms with van der Waals surface area (Å²) >= 11 is 0. The molecule has 0 aliphatic heterocycles. The van der Waals surface area contributed by atoms with Crippen LogP contribution in [0.4, 0.5) is 4.39 Å². The quantitative estimate of drug-likeness (QED) is 0.853. The monoisotopic (exact) mass is 253 g/mol. The largest absolute Gasteiger partial charge is 0.292 e. The summed E-state index contributed by atoms with van der Waals surface area (Å²) in [5.41, 5.74) is 1.60. The van der Waals surface area contributed by atoms with E-state index in [9.17, 15) is 4.39 Å². The fourth-order valence-electron chi connectivity index (χ4n) is 1.65. The summed E-state index contributed by atoms with van der Waals surface area (Å²) in [4.78, 5) is 4.91. The van der Waals surface area contributed by atoms with Crippen molar-refractivity contribution >= 4 is 12.4 Å². The lowest BCUT2D eigenvalue weighted by molar-refractivity contribution is 0.0811. The summed E-state index contributed by atoms with van der Waals surface area (Å²) in [7, 11) is 0. The summed E-state index contributed by atoms with van der Waals surface area (Å²) in [6, 6.07) is 15.7. The predicted molar refractivity (Wildman–Crippen MR) is 67.2 cm³/mol. The van der Waals surface area contributed by atoms with Gasteiger partial charge in [-0.2, -0.15) is 0 Å². The molecular weight excluding hydrogens is 241 g/mol. The van der Waals surface area contributed by atoms with Crippen LogP contribution in [0.2, 0.25) is 0 Å². The first-order chi connectivity index (χ1) is 7.81. The van der Waals surface area contributed by atoms with Crippen LogP contribution >= 0.6 is 12.4 Å². The van der Waals surface area contributed by atoms with Crippen molar-refractivity contribution < 1.29 is 9.23 Å². The number of hydrogen-bond donors (Lipinski definition) is 1. The summed E-state index contributed by atoms with van der Waals surface area (Å²) in [5.74, 6) is 4.97. The van der Waals surface area contributed by atoms with Crippen molar-refractivity contribution in [2.45, 2.75) is 6.10 Å².